The predicted octanol–water partition coefficient (Wildman–Crippen LogP) is 0.415. The van der Waals surface area contributed by atoms with Crippen molar-refractivity contribution in [1.82, 2.24) is 0 Å². The summed E-state index contributed by atoms with van der Waals surface area (Å²) in [4.78, 5) is 12.1. The topological polar surface area (TPSA) is 165 Å². The summed E-state index contributed by atoms with van der Waals surface area (Å²) >= 11 is 0. The summed E-state index contributed by atoms with van der Waals surface area (Å²) in [5, 5.41) is 0.306. The van der Waals surface area contributed by atoms with Gasteiger partial charge in [0.1, 0.15) is 33.5 Å². The Kier molecular flexibility index (Phi) is 7.70. The molecule has 0 radical (unpaired) electrons. The van der Waals surface area contributed by atoms with E-state index in [4.69, 9.17) is 13.9 Å². The van der Waals surface area contributed by atoms with Crippen molar-refractivity contribution >= 4 is 21.1 Å². The van der Waals surface area contributed by atoms with Gasteiger partial charge in [-0.1, -0.05) is 6.07 Å². The van der Waals surface area contributed by atoms with Crippen LogP contribution in [0.5, 0.6) is 11.5 Å². The quantitative estimate of drug-likeness (QED) is 0.607. The predicted molar refractivity (Wildman–Crippen MR) is 101 cm³/mol. The molecule has 1 aromatic heterocycles. The molecule has 0 aliphatic heterocycles. The molecule has 28 heavy (non-hydrogen) atoms. The molecule has 3 rings (SSSR count). The van der Waals surface area contributed by atoms with Crippen molar-refractivity contribution in [2.75, 3.05) is 21.3 Å². The van der Waals surface area contributed by atoms with Gasteiger partial charge in [0.05, 0.1) is 37.1 Å². The van der Waals surface area contributed by atoms with E-state index in [2.05, 4.69) is 5.73 Å². The Labute approximate surface area is 161 Å². The van der Waals surface area contributed by atoms with Crippen LogP contribution in [0.15, 0.2) is 56.8 Å². The van der Waals surface area contributed by atoms with E-state index >= 15 is 0 Å². The molecule has 0 aliphatic rings. The molecule has 0 fully saturated rings. The summed E-state index contributed by atoms with van der Waals surface area (Å²) in [6.45, 7) is 0. The maximum absolute atomic E-state index is 12.7. The van der Waals surface area contributed by atoms with Gasteiger partial charge in [0.15, 0.2) is 5.43 Å². The van der Waals surface area contributed by atoms with E-state index in [0.29, 0.717) is 16.7 Å². The van der Waals surface area contributed by atoms with Crippen LogP contribution in [0.2, 0.25) is 0 Å². The lowest BCUT2D eigenvalue weighted by atomic mass is 10.1. The number of fused-ring (bicyclic) bond motifs is 1. The summed E-state index contributed by atoms with van der Waals surface area (Å²) in [7, 11) is -0.267. The van der Waals surface area contributed by atoms with Crippen molar-refractivity contribution in [3.63, 3.8) is 0 Å². The first-order valence-corrected chi connectivity index (χ1v) is 9.20. The monoisotopic (exact) mass is 411 g/mol. The third-order valence-corrected chi connectivity index (χ3v) is 4.58. The molecule has 2 aromatic carbocycles. The van der Waals surface area contributed by atoms with Crippen molar-refractivity contribution < 1.29 is 38.1 Å². The van der Waals surface area contributed by atoms with Crippen molar-refractivity contribution in [3.05, 3.63) is 52.9 Å². The highest BCUT2D eigenvalue weighted by molar-refractivity contribution is 7.85. The van der Waals surface area contributed by atoms with Gasteiger partial charge in [0, 0.05) is 6.07 Å². The fourth-order valence-electron chi connectivity index (χ4n) is 2.47. The van der Waals surface area contributed by atoms with Crippen LogP contribution in [0.4, 0.5) is 0 Å². The molecule has 0 bridgehead atoms. The Morgan fingerprint density at radius 3 is 2.29 bits per heavy atom. The third-order valence-electron chi connectivity index (χ3n) is 3.73. The minimum Gasteiger partial charge on any atom is -0.744 e. The number of hydrogen-bond donors (Lipinski definition) is 1. The lowest BCUT2D eigenvalue weighted by Crippen LogP contribution is -2.40. The molecule has 0 amide bonds. The maximum atomic E-state index is 12.7. The van der Waals surface area contributed by atoms with Gasteiger partial charge in [-0.25, -0.2) is 8.42 Å². The van der Waals surface area contributed by atoms with Gasteiger partial charge in [-0.05, 0) is 29.8 Å². The average molecular weight is 411 g/mol. The highest BCUT2D eigenvalue weighted by Gasteiger charge is 2.15. The summed E-state index contributed by atoms with van der Waals surface area (Å²) < 4.78 is 49.7. The number of hydrogen-bond acceptors (Lipinski definition) is 7. The minimum absolute atomic E-state index is 0. The molecule has 10 heteroatoms. The Hall–Kier alpha value is -2.92. The molecule has 0 unspecified atom stereocenters. The van der Waals surface area contributed by atoms with Gasteiger partial charge < -0.3 is 29.7 Å². The fraction of sp³-hybridized carbons (Fsp3) is 0.167. The molecule has 0 aliphatic carbocycles. The van der Waals surface area contributed by atoms with E-state index in [1.54, 1.807) is 25.2 Å². The Morgan fingerprint density at radius 2 is 1.71 bits per heavy atom. The Bertz CT molecular complexity index is 1120. The van der Waals surface area contributed by atoms with Crippen molar-refractivity contribution in [1.29, 1.82) is 0 Å². The molecule has 0 saturated carbocycles. The number of ether oxygens (including phenoxy) is 2. The van der Waals surface area contributed by atoms with Gasteiger partial charge >= 0.3 is 0 Å². The molecular weight excluding hydrogens is 390 g/mol. The number of benzene rings is 2. The van der Waals surface area contributed by atoms with Crippen molar-refractivity contribution in [3.8, 4) is 22.6 Å². The highest BCUT2D eigenvalue weighted by Crippen LogP contribution is 2.29. The van der Waals surface area contributed by atoms with E-state index in [-0.39, 0.29) is 27.8 Å². The number of methoxy groups -OCH3 is 2. The zero-order valence-corrected chi connectivity index (χ0v) is 16.3. The van der Waals surface area contributed by atoms with Gasteiger partial charge in [-0.15, -0.1) is 0 Å². The van der Waals surface area contributed by atoms with E-state index in [9.17, 15) is 17.8 Å². The van der Waals surface area contributed by atoms with Crippen LogP contribution in [-0.2, 0) is 10.1 Å². The van der Waals surface area contributed by atoms with Gasteiger partial charge in [-0.3, -0.25) is 4.79 Å². The lowest BCUT2D eigenvalue weighted by molar-refractivity contribution is -0.325. The second-order valence-electron chi connectivity index (χ2n) is 5.16. The number of quaternary nitrogens is 1. The van der Waals surface area contributed by atoms with E-state index < -0.39 is 15.0 Å². The first-order chi connectivity index (χ1) is 12.8. The van der Waals surface area contributed by atoms with Crippen LogP contribution in [0.25, 0.3) is 22.1 Å². The van der Waals surface area contributed by atoms with Crippen LogP contribution in [0.3, 0.4) is 0 Å². The average Bonchev–Trinajstić information content (AvgIpc) is 2.68. The molecule has 5 N–H and O–H groups in total. The maximum Gasteiger partial charge on any atom is 0.200 e. The van der Waals surface area contributed by atoms with Crippen LogP contribution in [0, 0.1) is 0 Å². The normalized spacial score (nSPS) is 10.5. The molecule has 9 nitrogen and oxygen atoms in total. The van der Waals surface area contributed by atoms with E-state index in [1.807, 2.05) is 0 Å². The van der Waals surface area contributed by atoms with Crippen LogP contribution >= 0.6 is 0 Å². The van der Waals surface area contributed by atoms with Crippen molar-refractivity contribution in [2.24, 2.45) is 0 Å². The SMILES string of the molecule is COc1ccc2c(=O)c(-c3ccc(OC)c(S(=O)(=O)[O-])c3)coc2c1.C[NH3+].O. The third kappa shape index (κ3) is 4.49. The second kappa shape index (κ2) is 9.33. The zero-order valence-electron chi connectivity index (χ0n) is 15.5. The summed E-state index contributed by atoms with van der Waals surface area (Å²) in [6, 6.07) is 8.64. The van der Waals surface area contributed by atoms with Crippen molar-refractivity contribution in [2.45, 2.75) is 4.90 Å². The van der Waals surface area contributed by atoms with Crippen LogP contribution in [0.1, 0.15) is 0 Å². The first kappa shape index (κ1) is 23.1. The van der Waals surface area contributed by atoms with E-state index in [1.165, 1.54) is 32.6 Å². The largest absolute Gasteiger partial charge is 0.744 e. The molecule has 0 saturated heterocycles. The minimum atomic E-state index is -4.76. The van der Waals surface area contributed by atoms with Gasteiger partial charge in [0.2, 0.25) is 0 Å². The standard InChI is InChI=1S/C17H14O7S.CH5N.H2O/c1-22-11-4-5-12-15(8-11)24-9-13(17(12)18)10-3-6-14(23-2)16(7-10)25(19,20)21;1-2;/h3-9H,1-2H3,(H,19,20,21);2H2,1H3;1H2. The van der Waals surface area contributed by atoms with Gasteiger partial charge in [-0.2, -0.15) is 0 Å². The Morgan fingerprint density at radius 1 is 1.04 bits per heavy atom. The molecule has 1 heterocycles. The van der Waals surface area contributed by atoms with E-state index in [0.717, 1.165) is 6.07 Å². The smallest absolute Gasteiger partial charge is 0.200 e. The molecule has 3 aromatic rings. The summed E-state index contributed by atoms with van der Waals surface area (Å²) in [5.74, 6) is 0.446. The molecule has 0 spiro atoms. The molecule has 152 valence electrons. The Balaban J connectivity index is 0.00000127. The number of rotatable bonds is 4. The fourth-order valence-corrected chi connectivity index (χ4v) is 3.14. The first-order valence-electron chi connectivity index (χ1n) is 7.79. The van der Waals surface area contributed by atoms with Gasteiger partial charge in [0.25, 0.3) is 0 Å². The van der Waals surface area contributed by atoms with Crippen LogP contribution in [-0.4, -0.2) is 39.7 Å². The zero-order chi connectivity index (χ0) is 20.2. The molecule has 0 atom stereocenters. The lowest BCUT2D eigenvalue weighted by Gasteiger charge is -2.13. The summed E-state index contributed by atoms with van der Waals surface area (Å²) in [6.07, 6.45) is 1.22. The second-order valence-corrected chi connectivity index (χ2v) is 6.51. The summed E-state index contributed by atoms with van der Waals surface area (Å²) in [5.41, 5.74) is 3.59. The van der Waals surface area contributed by atoms with Crippen LogP contribution < -0.4 is 20.6 Å². The highest BCUT2D eigenvalue weighted by atomic mass is 32.2. The molecular formula is C18H21NO8S.